The monoisotopic (exact) mass is 441 g/mol. The van der Waals surface area contributed by atoms with Crippen molar-refractivity contribution in [2.45, 2.75) is 18.6 Å². The van der Waals surface area contributed by atoms with Crippen LogP contribution in [-0.2, 0) is 6.54 Å². The van der Waals surface area contributed by atoms with Crippen LogP contribution in [0, 0.1) is 6.92 Å². The molecule has 31 heavy (non-hydrogen) atoms. The van der Waals surface area contributed by atoms with E-state index >= 15 is 0 Å². The van der Waals surface area contributed by atoms with Crippen molar-refractivity contribution in [3.63, 3.8) is 0 Å². The van der Waals surface area contributed by atoms with E-state index in [2.05, 4.69) is 15.3 Å². The maximum Gasteiger partial charge on any atom is 0.339 e. The van der Waals surface area contributed by atoms with Crippen LogP contribution in [0.2, 0.25) is 0 Å². The summed E-state index contributed by atoms with van der Waals surface area (Å²) in [5.74, 6) is 0.634. The lowest BCUT2D eigenvalue weighted by atomic mass is 10.0. The van der Waals surface area contributed by atoms with Crippen LogP contribution in [0.25, 0.3) is 11.3 Å². The third-order valence-corrected chi connectivity index (χ3v) is 4.93. The lowest BCUT2D eigenvalue weighted by molar-refractivity contribution is 0.0696. The maximum atomic E-state index is 11.2. The number of aromatic carboxylic acids is 1. The molecule has 7 nitrogen and oxygen atoms in total. The third kappa shape index (κ3) is 6.70. The summed E-state index contributed by atoms with van der Waals surface area (Å²) < 4.78 is 10.3. The zero-order valence-corrected chi connectivity index (χ0v) is 19.1. The Morgan fingerprint density at radius 1 is 1.13 bits per heavy atom. The highest BCUT2D eigenvalue weighted by Gasteiger charge is 2.16. The number of benzene rings is 2. The van der Waals surface area contributed by atoms with Gasteiger partial charge in [-0.05, 0) is 43.5 Å². The largest absolute Gasteiger partial charge is 0.497 e. The molecular weight excluding hydrogens is 414 g/mol. The Morgan fingerprint density at radius 2 is 1.77 bits per heavy atom. The number of carbonyl (C=O) groups is 1. The first-order valence-corrected chi connectivity index (χ1v) is 10.7. The van der Waals surface area contributed by atoms with Crippen molar-refractivity contribution in [2.75, 3.05) is 27.5 Å². The van der Waals surface area contributed by atoms with Gasteiger partial charge in [0.2, 0.25) is 0 Å². The van der Waals surface area contributed by atoms with E-state index in [0.29, 0.717) is 10.9 Å². The van der Waals surface area contributed by atoms with E-state index in [1.807, 2.05) is 62.7 Å². The third-order valence-electron chi connectivity index (χ3n) is 4.37. The van der Waals surface area contributed by atoms with Crippen LogP contribution in [0.15, 0.2) is 53.8 Å². The molecular formula is C23H27N3O4S. The smallest absolute Gasteiger partial charge is 0.339 e. The minimum atomic E-state index is -1.01. The van der Waals surface area contributed by atoms with E-state index in [4.69, 9.17) is 9.47 Å². The van der Waals surface area contributed by atoms with Crippen molar-refractivity contribution in [3.05, 3.63) is 65.4 Å². The summed E-state index contributed by atoms with van der Waals surface area (Å²) in [6.45, 7) is 2.75. The summed E-state index contributed by atoms with van der Waals surface area (Å²) in [5.41, 5.74) is 3.57. The molecule has 0 bridgehead atoms. The zero-order valence-electron chi connectivity index (χ0n) is 18.3. The van der Waals surface area contributed by atoms with E-state index in [1.165, 1.54) is 18.0 Å². The first kappa shape index (κ1) is 24.2. The highest BCUT2D eigenvalue weighted by Crippen LogP contribution is 2.26. The molecule has 2 N–H and O–H groups in total. The van der Waals surface area contributed by atoms with Gasteiger partial charge in [0.15, 0.2) is 5.16 Å². The first-order chi connectivity index (χ1) is 14.9. The molecule has 1 heterocycles. The van der Waals surface area contributed by atoms with Crippen LogP contribution in [0.3, 0.4) is 0 Å². The molecule has 0 aliphatic carbocycles. The quantitative estimate of drug-likeness (QED) is 0.414. The average Bonchev–Trinajstić information content (AvgIpc) is 2.79. The Bertz CT molecular complexity index is 1010. The van der Waals surface area contributed by atoms with Crippen LogP contribution in [0.5, 0.6) is 11.5 Å². The van der Waals surface area contributed by atoms with Gasteiger partial charge in [-0.3, -0.25) is 0 Å². The number of aryl methyl sites for hydroxylation is 1. The van der Waals surface area contributed by atoms with Gasteiger partial charge in [-0.2, -0.15) is 0 Å². The standard InChI is InChI=1S/C13H12N2O2S.C10H15NO2/c1-8-5-3-4-6-9(8)11-10(12(16)17)7-14-13(15-11)18-2;1-11-7-8-4-9(12-2)6-10(5-8)13-3/h3-7H,1-2H3,(H,16,17);4-6,11H,7H2,1-3H3. The molecule has 2 aromatic carbocycles. The SMILES string of the molecule is CNCc1cc(OC)cc(OC)c1.CSc1ncc(C(=O)O)c(-c2ccccc2C)n1. The maximum absolute atomic E-state index is 11.2. The molecule has 0 saturated carbocycles. The summed E-state index contributed by atoms with van der Waals surface area (Å²) in [6.07, 6.45) is 3.22. The number of nitrogens with zero attached hydrogens (tertiary/aromatic N) is 2. The van der Waals surface area contributed by atoms with Crippen molar-refractivity contribution in [1.29, 1.82) is 0 Å². The second kappa shape index (κ2) is 11.9. The van der Waals surface area contributed by atoms with Gasteiger partial charge >= 0.3 is 5.97 Å². The van der Waals surface area contributed by atoms with Gasteiger partial charge in [-0.1, -0.05) is 36.0 Å². The number of carboxylic acids is 1. The van der Waals surface area contributed by atoms with E-state index in [1.54, 1.807) is 14.2 Å². The van der Waals surface area contributed by atoms with E-state index in [9.17, 15) is 9.90 Å². The summed E-state index contributed by atoms with van der Waals surface area (Å²) in [4.78, 5) is 19.5. The molecule has 8 heteroatoms. The van der Waals surface area contributed by atoms with Crippen LogP contribution in [0.1, 0.15) is 21.5 Å². The van der Waals surface area contributed by atoms with Gasteiger partial charge in [-0.15, -0.1) is 0 Å². The van der Waals surface area contributed by atoms with Gasteiger partial charge in [0.1, 0.15) is 17.1 Å². The van der Waals surface area contributed by atoms with Crippen molar-refractivity contribution >= 4 is 17.7 Å². The lowest BCUT2D eigenvalue weighted by Gasteiger charge is -2.08. The normalized spacial score (nSPS) is 10.1. The van der Waals surface area contributed by atoms with E-state index in [-0.39, 0.29) is 5.56 Å². The Hall–Kier alpha value is -3.10. The average molecular weight is 442 g/mol. The predicted molar refractivity (Wildman–Crippen MR) is 123 cm³/mol. The van der Waals surface area contributed by atoms with Crippen LogP contribution in [-0.4, -0.2) is 48.6 Å². The molecule has 3 rings (SSSR count). The number of ether oxygens (including phenoxy) is 2. The second-order valence-corrected chi connectivity index (χ2v) is 7.26. The molecule has 3 aromatic rings. The van der Waals surface area contributed by atoms with Crippen LogP contribution in [0.4, 0.5) is 0 Å². The molecule has 0 aliphatic rings. The van der Waals surface area contributed by atoms with E-state index < -0.39 is 5.97 Å². The number of rotatable bonds is 7. The van der Waals surface area contributed by atoms with Gasteiger partial charge < -0.3 is 19.9 Å². The second-order valence-electron chi connectivity index (χ2n) is 6.49. The van der Waals surface area contributed by atoms with Crippen molar-refractivity contribution < 1.29 is 19.4 Å². The summed E-state index contributed by atoms with van der Waals surface area (Å²) in [7, 11) is 5.21. The fraction of sp³-hybridized carbons (Fsp3) is 0.261. The summed E-state index contributed by atoms with van der Waals surface area (Å²) >= 11 is 1.39. The van der Waals surface area contributed by atoms with Gasteiger partial charge in [0, 0.05) is 24.4 Å². The number of aromatic nitrogens is 2. The Balaban J connectivity index is 0.000000233. The fourth-order valence-electron chi connectivity index (χ4n) is 2.84. The lowest BCUT2D eigenvalue weighted by Crippen LogP contribution is -2.05. The Morgan fingerprint density at radius 3 is 2.29 bits per heavy atom. The number of nitrogens with one attached hydrogen (secondary N) is 1. The van der Waals surface area contributed by atoms with Gasteiger partial charge in [-0.25, -0.2) is 14.8 Å². The molecule has 0 fully saturated rings. The minimum Gasteiger partial charge on any atom is -0.497 e. The summed E-state index contributed by atoms with van der Waals surface area (Å²) in [6, 6.07) is 13.4. The minimum absolute atomic E-state index is 0.127. The topological polar surface area (TPSA) is 93.6 Å². The molecule has 0 spiro atoms. The van der Waals surface area contributed by atoms with Gasteiger partial charge in [0.05, 0.1) is 19.9 Å². The molecule has 1 aromatic heterocycles. The van der Waals surface area contributed by atoms with Crippen LogP contribution >= 0.6 is 11.8 Å². The van der Waals surface area contributed by atoms with Crippen LogP contribution < -0.4 is 14.8 Å². The summed E-state index contributed by atoms with van der Waals surface area (Å²) in [5, 5.41) is 12.8. The Kier molecular flexibility index (Phi) is 9.30. The first-order valence-electron chi connectivity index (χ1n) is 9.50. The number of methoxy groups -OCH3 is 2. The highest BCUT2D eigenvalue weighted by molar-refractivity contribution is 7.98. The molecule has 0 radical (unpaired) electrons. The van der Waals surface area contributed by atoms with Crippen molar-refractivity contribution in [2.24, 2.45) is 0 Å². The molecule has 0 aliphatic heterocycles. The van der Waals surface area contributed by atoms with Crippen molar-refractivity contribution in [3.8, 4) is 22.8 Å². The Labute approximate surface area is 186 Å². The van der Waals surface area contributed by atoms with E-state index in [0.717, 1.165) is 34.7 Å². The molecule has 0 atom stereocenters. The molecule has 0 amide bonds. The van der Waals surface area contributed by atoms with Crippen molar-refractivity contribution in [1.82, 2.24) is 15.3 Å². The number of carboxylic acid groups (broad SMARTS) is 1. The number of hydrogen-bond acceptors (Lipinski definition) is 7. The fourth-order valence-corrected chi connectivity index (χ4v) is 3.18. The number of hydrogen-bond donors (Lipinski definition) is 2. The molecule has 164 valence electrons. The predicted octanol–water partition coefficient (Wildman–Crippen LogP) is 4.30. The number of thioether (sulfide) groups is 1. The van der Waals surface area contributed by atoms with Gasteiger partial charge in [0.25, 0.3) is 0 Å². The highest BCUT2D eigenvalue weighted by atomic mass is 32.2. The zero-order chi connectivity index (χ0) is 22.8. The molecule has 0 saturated heterocycles. The molecule has 0 unspecified atom stereocenters.